The molecule has 1 heterocycles. The maximum absolute atomic E-state index is 10.3. The van der Waals surface area contributed by atoms with Gasteiger partial charge in [0, 0.05) is 20.1 Å². The monoisotopic (exact) mass is 224 g/mol. The zero-order chi connectivity index (χ0) is 11.4. The van der Waals surface area contributed by atoms with Gasteiger partial charge in [0.05, 0.1) is 17.5 Å². The average molecular weight is 224 g/mol. The van der Waals surface area contributed by atoms with Crippen LogP contribution in [0.2, 0.25) is 0 Å². The van der Waals surface area contributed by atoms with Crippen molar-refractivity contribution < 1.29 is 5.11 Å². The Labute approximate surface area is 95.8 Å². The molecule has 0 saturated heterocycles. The first-order chi connectivity index (χ1) is 7.70. The Hall–Kier alpha value is -0.940. The molecule has 0 radical (unpaired) electrons. The molecule has 2 rings (SSSR count). The highest BCUT2D eigenvalue weighted by Crippen LogP contribution is 2.27. The van der Waals surface area contributed by atoms with Crippen molar-refractivity contribution in [1.29, 1.82) is 0 Å². The molecule has 1 aromatic rings. The first-order valence-corrected chi connectivity index (χ1v) is 5.96. The number of nitrogens with zero attached hydrogens (tertiary/aromatic N) is 3. The second-order valence-electron chi connectivity index (χ2n) is 4.74. The number of aryl methyl sites for hydroxylation is 1. The molecule has 5 heteroatoms. The third-order valence-electron chi connectivity index (χ3n) is 3.35. The van der Waals surface area contributed by atoms with Gasteiger partial charge in [-0.1, -0.05) is 24.5 Å². The second kappa shape index (κ2) is 4.93. The van der Waals surface area contributed by atoms with Crippen LogP contribution in [0.5, 0.6) is 0 Å². The maximum atomic E-state index is 10.3. The van der Waals surface area contributed by atoms with Gasteiger partial charge >= 0.3 is 0 Å². The minimum atomic E-state index is -0.496. The van der Waals surface area contributed by atoms with Crippen molar-refractivity contribution in [3.8, 4) is 0 Å². The van der Waals surface area contributed by atoms with Crippen molar-refractivity contribution in [2.45, 2.75) is 44.2 Å². The molecule has 1 fully saturated rings. The van der Waals surface area contributed by atoms with E-state index in [1.54, 1.807) is 10.9 Å². The Morgan fingerprint density at radius 3 is 2.81 bits per heavy atom. The van der Waals surface area contributed by atoms with Crippen molar-refractivity contribution in [1.82, 2.24) is 20.3 Å². The lowest BCUT2D eigenvalue weighted by molar-refractivity contribution is 0.00456. The molecule has 90 valence electrons. The molecule has 2 N–H and O–H groups in total. The molecule has 0 spiro atoms. The fraction of sp³-hybridized carbons (Fsp3) is 0.818. The second-order valence-corrected chi connectivity index (χ2v) is 4.74. The normalized spacial score (nSPS) is 19.9. The van der Waals surface area contributed by atoms with Gasteiger partial charge in [0.1, 0.15) is 0 Å². The molecule has 1 aliphatic carbocycles. The predicted molar refractivity (Wildman–Crippen MR) is 60.7 cm³/mol. The van der Waals surface area contributed by atoms with Gasteiger partial charge in [-0.3, -0.25) is 4.68 Å². The minimum Gasteiger partial charge on any atom is -0.389 e. The van der Waals surface area contributed by atoms with Crippen LogP contribution in [-0.2, 0) is 13.6 Å². The highest BCUT2D eigenvalue weighted by molar-refractivity contribution is 4.93. The van der Waals surface area contributed by atoms with Crippen LogP contribution >= 0.6 is 0 Å². The van der Waals surface area contributed by atoms with E-state index in [0.717, 1.165) is 31.4 Å². The highest BCUT2D eigenvalue weighted by atomic mass is 16.3. The van der Waals surface area contributed by atoms with Crippen molar-refractivity contribution in [2.24, 2.45) is 7.05 Å². The molecule has 1 aromatic heterocycles. The fourth-order valence-electron chi connectivity index (χ4n) is 2.28. The van der Waals surface area contributed by atoms with E-state index >= 15 is 0 Å². The van der Waals surface area contributed by atoms with Gasteiger partial charge < -0.3 is 10.4 Å². The van der Waals surface area contributed by atoms with Crippen LogP contribution in [-0.4, -0.2) is 32.2 Å². The summed E-state index contributed by atoms with van der Waals surface area (Å²) in [7, 11) is 1.87. The molecule has 0 aliphatic heterocycles. The van der Waals surface area contributed by atoms with Crippen LogP contribution in [0.25, 0.3) is 0 Å². The lowest BCUT2D eigenvalue weighted by Crippen LogP contribution is -2.42. The van der Waals surface area contributed by atoms with Gasteiger partial charge in [-0.25, -0.2) is 0 Å². The first kappa shape index (κ1) is 11.5. The lowest BCUT2D eigenvalue weighted by atomic mass is 9.85. The smallest absolute Gasteiger partial charge is 0.0771 e. The van der Waals surface area contributed by atoms with Crippen LogP contribution < -0.4 is 5.32 Å². The molecular formula is C11H20N4O. The van der Waals surface area contributed by atoms with Crippen molar-refractivity contribution >= 4 is 0 Å². The summed E-state index contributed by atoms with van der Waals surface area (Å²) in [5, 5.41) is 21.2. The zero-order valence-electron chi connectivity index (χ0n) is 9.82. The standard InChI is InChI=1S/C11H20N4O/c1-15-10(8-13-14-15)7-12-9-11(16)5-3-2-4-6-11/h8,12,16H,2-7,9H2,1H3. The van der Waals surface area contributed by atoms with E-state index in [1.807, 2.05) is 7.05 Å². The summed E-state index contributed by atoms with van der Waals surface area (Å²) in [6.07, 6.45) is 7.13. The van der Waals surface area contributed by atoms with Crippen LogP contribution in [0.3, 0.4) is 0 Å². The minimum absolute atomic E-state index is 0.496. The largest absolute Gasteiger partial charge is 0.389 e. The third kappa shape index (κ3) is 2.80. The lowest BCUT2D eigenvalue weighted by Gasteiger charge is -2.32. The highest BCUT2D eigenvalue weighted by Gasteiger charge is 2.28. The van der Waals surface area contributed by atoms with Crippen LogP contribution in [0.15, 0.2) is 6.20 Å². The first-order valence-electron chi connectivity index (χ1n) is 5.96. The average Bonchev–Trinajstić information content (AvgIpc) is 2.65. The zero-order valence-corrected chi connectivity index (χ0v) is 9.82. The molecule has 5 nitrogen and oxygen atoms in total. The van der Waals surface area contributed by atoms with E-state index in [0.29, 0.717) is 13.1 Å². The van der Waals surface area contributed by atoms with E-state index in [4.69, 9.17) is 0 Å². The number of aliphatic hydroxyl groups is 1. The van der Waals surface area contributed by atoms with Crippen molar-refractivity contribution in [3.63, 3.8) is 0 Å². The Bertz CT molecular complexity index is 330. The quantitative estimate of drug-likeness (QED) is 0.786. The molecule has 0 unspecified atom stereocenters. The summed E-state index contributed by atoms with van der Waals surface area (Å²) in [6.45, 7) is 1.38. The molecule has 16 heavy (non-hydrogen) atoms. The fourth-order valence-corrected chi connectivity index (χ4v) is 2.28. The van der Waals surface area contributed by atoms with E-state index in [-0.39, 0.29) is 0 Å². The maximum Gasteiger partial charge on any atom is 0.0771 e. The number of hydrogen-bond acceptors (Lipinski definition) is 4. The summed E-state index contributed by atoms with van der Waals surface area (Å²) >= 11 is 0. The van der Waals surface area contributed by atoms with E-state index in [9.17, 15) is 5.11 Å². The topological polar surface area (TPSA) is 63.0 Å². The Morgan fingerprint density at radius 2 is 2.19 bits per heavy atom. The molecular weight excluding hydrogens is 204 g/mol. The van der Waals surface area contributed by atoms with Gasteiger partial charge in [-0.2, -0.15) is 0 Å². The number of rotatable bonds is 4. The molecule has 1 aliphatic rings. The summed E-state index contributed by atoms with van der Waals surface area (Å²) in [5.41, 5.74) is 0.545. The van der Waals surface area contributed by atoms with E-state index in [2.05, 4.69) is 15.6 Å². The summed E-state index contributed by atoms with van der Waals surface area (Å²) in [6, 6.07) is 0. The molecule has 0 aromatic carbocycles. The Kier molecular flexibility index (Phi) is 3.56. The van der Waals surface area contributed by atoms with Crippen LogP contribution in [0.1, 0.15) is 37.8 Å². The van der Waals surface area contributed by atoms with Gasteiger partial charge in [-0.05, 0) is 12.8 Å². The van der Waals surface area contributed by atoms with Gasteiger partial charge in [0.15, 0.2) is 0 Å². The van der Waals surface area contributed by atoms with Gasteiger partial charge in [-0.15, -0.1) is 5.10 Å². The summed E-state index contributed by atoms with van der Waals surface area (Å²) in [4.78, 5) is 0. The Morgan fingerprint density at radius 1 is 1.44 bits per heavy atom. The van der Waals surface area contributed by atoms with Crippen molar-refractivity contribution in [2.75, 3.05) is 6.54 Å². The number of aromatic nitrogens is 3. The predicted octanol–water partition coefficient (Wildman–Crippen LogP) is 0.600. The van der Waals surface area contributed by atoms with E-state index in [1.165, 1.54) is 6.42 Å². The van der Waals surface area contributed by atoms with Gasteiger partial charge in [0.2, 0.25) is 0 Å². The number of nitrogens with one attached hydrogen (secondary N) is 1. The summed E-state index contributed by atoms with van der Waals surface area (Å²) in [5.74, 6) is 0. The molecule has 0 atom stereocenters. The van der Waals surface area contributed by atoms with Crippen molar-refractivity contribution in [3.05, 3.63) is 11.9 Å². The molecule has 1 saturated carbocycles. The van der Waals surface area contributed by atoms with E-state index < -0.39 is 5.60 Å². The molecule has 0 bridgehead atoms. The number of hydrogen-bond donors (Lipinski definition) is 2. The SMILES string of the molecule is Cn1nncc1CNCC1(O)CCCCC1. The summed E-state index contributed by atoms with van der Waals surface area (Å²) < 4.78 is 1.75. The third-order valence-corrected chi connectivity index (χ3v) is 3.35. The van der Waals surface area contributed by atoms with Gasteiger partial charge in [0.25, 0.3) is 0 Å². The Balaban J connectivity index is 1.77. The molecule has 0 amide bonds. The van der Waals surface area contributed by atoms with Crippen LogP contribution in [0, 0.1) is 0 Å². The van der Waals surface area contributed by atoms with Crippen LogP contribution in [0.4, 0.5) is 0 Å².